The molecule has 0 saturated carbocycles. The molecule has 0 saturated heterocycles. The first-order chi connectivity index (χ1) is 14.1. The molecule has 5 heteroatoms. The summed E-state index contributed by atoms with van der Waals surface area (Å²) < 4.78 is 14.0. The van der Waals surface area contributed by atoms with Crippen LogP contribution >= 0.6 is 0 Å². The second-order valence-corrected chi connectivity index (χ2v) is 6.92. The molecule has 0 radical (unpaired) electrons. The van der Waals surface area contributed by atoms with Crippen molar-refractivity contribution in [2.45, 2.75) is 19.9 Å². The van der Waals surface area contributed by atoms with E-state index >= 15 is 0 Å². The van der Waals surface area contributed by atoms with E-state index in [-0.39, 0.29) is 18.1 Å². The number of amides is 1. The molecule has 0 spiro atoms. The van der Waals surface area contributed by atoms with Gasteiger partial charge in [-0.1, -0.05) is 36.4 Å². The molecule has 144 valence electrons. The zero-order chi connectivity index (χ0) is 20.2. The third-order valence-electron chi connectivity index (χ3n) is 5.00. The van der Waals surface area contributed by atoms with Crippen molar-refractivity contribution in [3.63, 3.8) is 0 Å². The lowest BCUT2D eigenvalue weighted by Gasteiger charge is -2.08. The monoisotopic (exact) mass is 385 g/mol. The highest BCUT2D eigenvalue weighted by atomic mass is 19.1. The number of allylic oxidation sites excluding steroid dienone is 2. The molecule has 0 aliphatic heterocycles. The first-order valence-corrected chi connectivity index (χ1v) is 9.40. The molecular formula is C24H20FN3O. The van der Waals surface area contributed by atoms with E-state index < -0.39 is 0 Å². The second kappa shape index (κ2) is 8.19. The second-order valence-electron chi connectivity index (χ2n) is 6.92. The molecular weight excluding hydrogens is 365 g/mol. The minimum absolute atomic E-state index is 0.0980. The molecule has 0 atom stereocenters. The summed E-state index contributed by atoms with van der Waals surface area (Å²) in [4.78, 5) is 21.0. The summed E-state index contributed by atoms with van der Waals surface area (Å²) >= 11 is 0. The SMILES string of the molecule is CC1=C(CC(=O)NCc2ccccc2)c2cc(F)ccc2/C1=C\c1cnccn1. The van der Waals surface area contributed by atoms with Crippen LogP contribution in [0.25, 0.3) is 17.2 Å². The highest BCUT2D eigenvalue weighted by molar-refractivity contribution is 6.08. The molecule has 2 aromatic carbocycles. The van der Waals surface area contributed by atoms with Gasteiger partial charge in [0.25, 0.3) is 0 Å². The number of hydrogen-bond donors (Lipinski definition) is 1. The first-order valence-electron chi connectivity index (χ1n) is 9.40. The predicted octanol–water partition coefficient (Wildman–Crippen LogP) is 4.65. The van der Waals surface area contributed by atoms with Gasteiger partial charge in [0.05, 0.1) is 18.3 Å². The maximum atomic E-state index is 14.0. The van der Waals surface area contributed by atoms with Crippen molar-refractivity contribution < 1.29 is 9.18 Å². The zero-order valence-electron chi connectivity index (χ0n) is 16.0. The molecule has 0 unspecified atom stereocenters. The average molecular weight is 385 g/mol. The van der Waals surface area contributed by atoms with Crippen LogP contribution in [0, 0.1) is 5.82 Å². The average Bonchev–Trinajstić information content (AvgIpc) is 2.99. The van der Waals surface area contributed by atoms with E-state index in [0.717, 1.165) is 33.4 Å². The number of nitrogens with zero attached hydrogens (tertiary/aromatic N) is 2. The summed E-state index contributed by atoms with van der Waals surface area (Å²) in [5.41, 5.74) is 6.13. The Kier molecular flexibility index (Phi) is 5.29. The fourth-order valence-electron chi connectivity index (χ4n) is 3.53. The fraction of sp³-hybridized carbons (Fsp3) is 0.125. The van der Waals surface area contributed by atoms with Crippen molar-refractivity contribution in [3.8, 4) is 0 Å². The Bertz CT molecular complexity index is 1110. The van der Waals surface area contributed by atoms with Gasteiger partial charge in [-0.15, -0.1) is 0 Å². The van der Waals surface area contributed by atoms with E-state index in [1.54, 1.807) is 24.7 Å². The molecule has 29 heavy (non-hydrogen) atoms. The molecule has 1 heterocycles. The maximum Gasteiger partial charge on any atom is 0.224 e. The van der Waals surface area contributed by atoms with Gasteiger partial charge in [0.2, 0.25) is 5.91 Å². The Morgan fingerprint density at radius 3 is 2.69 bits per heavy atom. The lowest BCUT2D eigenvalue weighted by molar-refractivity contribution is -0.120. The number of carbonyl (C=O) groups excluding carboxylic acids is 1. The molecule has 1 amide bonds. The Balaban J connectivity index is 1.62. The van der Waals surface area contributed by atoms with E-state index in [1.807, 2.05) is 43.3 Å². The van der Waals surface area contributed by atoms with Gasteiger partial charge < -0.3 is 5.32 Å². The van der Waals surface area contributed by atoms with Crippen LogP contribution < -0.4 is 5.32 Å². The van der Waals surface area contributed by atoms with E-state index in [2.05, 4.69) is 15.3 Å². The van der Waals surface area contributed by atoms with Gasteiger partial charge in [-0.25, -0.2) is 4.39 Å². The molecule has 0 bridgehead atoms. The lowest BCUT2D eigenvalue weighted by Crippen LogP contribution is -2.22. The summed E-state index contributed by atoms with van der Waals surface area (Å²) in [6, 6.07) is 14.4. The van der Waals surface area contributed by atoms with Crippen LogP contribution in [0.15, 0.2) is 72.7 Å². The van der Waals surface area contributed by atoms with Crippen LogP contribution in [0.4, 0.5) is 4.39 Å². The van der Waals surface area contributed by atoms with Gasteiger partial charge in [-0.2, -0.15) is 0 Å². The number of nitrogens with one attached hydrogen (secondary N) is 1. The Morgan fingerprint density at radius 1 is 1.10 bits per heavy atom. The highest BCUT2D eigenvalue weighted by Gasteiger charge is 2.25. The number of hydrogen-bond acceptors (Lipinski definition) is 3. The van der Waals surface area contributed by atoms with E-state index in [9.17, 15) is 9.18 Å². The van der Waals surface area contributed by atoms with Crippen LogP contribution in [0.2, 0.25) is 0 Å². The van der Waals surface area contributed by atoms with Crippen LogP contribution in [0.5, 0.6) is 0 Å². The number of carbonyl (C=O) groups is 1. The largest absolute Gasteiger partial charge is 0.352 e. The van der Waals surface area contributed by atoms with Gasteiger partial charge in [-0.05, 0) is 58.5 Å². The Morgan fingerprint density at radius 2 is 1.93 bits per heavy atom. The first kappa shape index (κ1) is 18.7. The zero-order valence-corrected chi connectivity index (χ0v) is 16.0. The van der Waals surface area contributed by atoms with Gasteiger partial charge in [-0.3, -0.25) is 14.8 Å². The van der Waals surface area contributed by atoms with Gasteiger partial charge in [0.15, 0.2) is 0 Å². The number of fused-ring (bicyclic) bond motifs is 1. The van der Waals surface area contributed by atoms with Crippen molar-refractivity contribution in [2.75, 3.05) is 0 Å². The summed E-state index contributed by atoms with van der Waals surface area (Å²) in [5.74, 6) is -0.418. The summed E-state index contributed by atoms with van der Waals surface area (Å²) in [7, 11) is 0. The Hall–Kier alpha value is -3.60. The Labute approximate surface area is 168 Å². The smallest absolute Gasteiger partial charge is 0.224 e. The van der Waals surface area contributed by atoms with E-state index in [4.69, 9.17) is 0 Å². The molecule has 1 aliphatic rings. The molecule has 4 nitrogen and oxygen atoms in total. The molecule has 4 rings (SSSR count). The van der Waals surface area contributed by atoms with Crippen molar-refractivity contribution in [3.05, 3.63) is 101 Å². The molecule has 1 aliphatic carbocycles. The number of benzene rings is 2. The molecule has 3 aromatic rings. The summed E-state index contributed by atoms with van der Waals surface area (Å²) in [6.45, 7) is 2.42. The van der Waals surface area contributed by atoms with Gasteiger partial charge >= 0.3 is 0 Å². The van der Waals surface area contributed by atoms with Crippen LogP contribution in [-0.2, 0) is 11.3 Å². The van der Waals surface area contributed by atoms with Crippen molar-refractivity contribution in [1.29, 1.82) is 0 Å². The van der Waals surface area contributed by atoms with Crippen LogP contribution in [-0.4, -0.2) is 15.9 Å². The number of rotatable bonds is 5. The predicted molar refractivity (Wildman–Crippen MR) is 112 cm³/mol. The maximum absolute atomic E-state index is 14.0. The quantitative estimate of drug-likeness (QED) is 0.696. The molecule has 1 N–H and O–H groups in total. The summed E-state index contributed by atoms with van der Waals surface area (Å²) in [6.07, 6.45) is 7.03. The van der Waals surface area contributed by atoms with Crippen molar-refractivity contribution >= 4 is 23.1 Å². The molecule has 0 fully saturated rings. The summed E-state index contributed by atoms with van der Waals surface area (Å²) in [5, 5.41) is 2.95. The normalized spacial score (nSPS) is 14.2. The van der Waals surface area contributed by atoms with Gasteiger partial charge in [0.1, 0.15) is 5.82 Å². The third kappa shape index (κ3) is 4.14. The van der Waals surface area contributed by atoms with Crippen molar-refractivity contribution in [2.24, 2.45) is 0 Å². The van der Waals surface area contributed by atoms with Crippen LogP contribution in [0.1, 0.15) is 35.7 Å². The minimum Gasteiger partial charge on any atom is -0.352 e. The van der Waals surface area contributed by atoms with Crippen molar-refractivity contribution in [1.82, 2.24) is 15.3 Å². The highest BCUT2D eigenvalue weighted by Crippen LogP contribution is 2.43. The lowest BCUT2D eigenvalue weighted by atomic mass is 10.0. The topological polar surface area (TPSA) is 54.9 Å². The van der Waals surface area contributed by atoms with Gasteiger partial charge in [0, 0.05) is 18.9 Å². The molecule has 1 aromatic heterocycles. The van der Waals surface area contributed by atoms with E-state index in [0.29, 0.717) is 12.2 Å². The van der Waals surface area contributed by atoms with E-state index in [1.165, 1.54) is 12.1 Å². The standard InChI is InChI=1S/C24H20FN3O/c1-16-21(12-19-15-26-9-10-27-19)20-8-7-18(25)11-23(20)22(16)13-24(29)28-14-17-5-3-2-4-6-17/h2-12,15H,13-14H2,1H3,(H,28,29)/b21-12-. The number of aromatic nitrogens is 2. The minimum atomic E-state index is -0.320. The number of halogens is 1. The third-order valence-corrected chi connectivity index (χ3v) is 5.00. The van der Waals surface area contributed by atoms with Crippen LogP contribution in [0.3, 0.4) is 0 Å². The fourth-order valence-corrected chi connectivity index (χ4v) is 3.53.